The van der Waals surface area contributed by atoms with Crippen LogP contribution in [-0.4, -0.2) is 4.98 Å². The first kappa shape index (κ1) is 7.50. The molecule has 3 aromatic rings. The van der Waals surface area contributed by atoms with E-state index in [1.54, 1.807) is 24.5 Å². The van der Waals surface area contributed by atoms with Crippen molar-refractivity contribution < 1.29 is 8.81 Å². The largest absolute Gasteiger partial charge is 0.456 e. The predicted molar refractivity (Wildman–Crippen MR) is 51.5 cm³/mol. The Balaban J connectivity index is 2.58. The van der Waals surface area contributed by atoms with E-state index < -0.39 is 0 Å². The van der Waals surface area contributed by atoms with Gasteiger partial charge in [0.25, 0.3) is 0 Å². The quantitative estimate of drug-likeness (QED) is 0.540. The fraction of sp³-hybridized carbons (Fsp3) is 0. The highest BCUT2D eigenvalue weighted by Crippen LogP contribution is 2.27. The van der Waals surface area contributed by atoms with E-state index in [0.29, 0.717) is 5.58 Å². The second kappa shape index (κ2) is 2.54. The molecule has 2 nitrogen and oxygen atoms in total. The molecule has 0 spiro atoms. The third-order valence-corrected chi connectivity index (χ3v) is 2.23. The molecule has 0 fully saturated rings. The third kappa shape index (κ3) is 0.923. The van der Waals surface area contributed by atoms with Crippen LogP contribution in [0.1, 0.15) is 0 Å². The van der Waals surface area contributed by atoms with Crippen molar-refractivity contribution in [3.8, 4) is 0 Å². The summed E-state index contributed by atoms with van der Waals surface area (Å²) in [5, 5.41) is 1.62. The standard InChI is InChI=1S/C11H6FNO/c12-7-1-2-10-8(5-7)9-6-13-4-3-11(9)14-10/h1-6H. The Kier molecular flexibility index (Phi) is 1.36. The van der Waals surface area contributed by atoms with Gasteiger partial charge in [-0.25, -0.2) is 4.39 Å². The highest BCUT2D eigenvalue weighted by Gasteiger charge is 2.06. The Labute approximate surface area is 79.0 Å². The van der Waals surface area contributed by atoms with Gasteiger partial charge in [-0.1, -0.05) is 0 Å². The van der Waals surface area contributed by atoms with Crippen molar-refractivity contribution in [2.45, 2.75) is 0 Å². The molecule has 3 heteroatoms. The van der Waals surface area contributed by atoms with E-state index in [1.165, 1.54) is 12.1 Å². The molecule has 2 aromatic heterocycles. The molecule has 68 valence electrons. The minimum Gasteiger partial charge on any atom is -0.456 e. The summed E-state index contributed by atoms with van der Waals surface area (Å²) in [5.41, 5.74) is 1.43. The van der Waals surface area contributed by atoms with Crippen LogP contribution in [0.4, 0.5) is 4.39 Å². The molecule has 0 bridgehead atoms. The van der Waals surface area contributed by atoms with Gasteiger partial charge in [-0.05, 0) is 24.3 Å². The van der Waals surface area contributed by atoms with E-state index in [0.717, 1.165) is 16.4 Å². The number of fused-ring (bicyclic) bond motifs is 3. The van der Waals surface area contributed by atoms with Crippen LogP contribution in [-0.2, 0) is 0 Å². The minimum atomic E-state index is -0.260. The fourth-order valence-corrected chi connectivity index (χ4v) is 1.59. The Bertz CT molecular complexity index is 615. The third-order valence-electron chi connectivity index (χ3n) is 2.23. The van der Waals surface area contributed by atoms with Crippen LogP contribution >= 0.6 is 0 Å². The Morgan fingerprint density at radius 3 is 2.86 bits per heavy atom. The first-order chi connectivity index (χ1) is 6.84. The summed E-state index contributed by atoms with van der Waals surface area (Å²) in [6.45, 7) is 0. The van der Waals surface area contributed by atoms with Gasteiger partial charge in [0.05, 0.1) is 0 Å². The van der Waals surface area contributed by atoms with Gasteiger partial charge in [-0.3, -0.25) is 4.98 Å². The molecular formula is C11H6FNO. The van der Waals surface area contributed by atoms with Crippen molar-refractivity contribution in [2.75, 3.05) is 0 Å². The molecule has 0 radical (unpaired) electrons. The van der Waals surface area contributed by atoms with E-state index in [4.69, 9.17) is 4.42 Å². The maximum Gasteiger partial charge on any atom is 0.138 e. The number of benzene rings is 1. The lowest BCUT2D eigenvalue weighted by molar-refractivity contribution is 0.626. The number of rotatable bonds is 0. The molecule has 0 aliphatic heterocycles. The van der Waals surface area contributed by atoms with E-state index in [2.05, 4.69) is 4.98 Å². The zero-order chi connectivity index (χ0) is 9.54. The molecule has 0 aliphatic rings. The smallest absolute Gasteiger partial charge is 0.138 e. The fourth-order valence-electron chi connectivity index (χ4n) is 1.59. The summed E-state index contributed by atoms with van der Waals surface area (Å²) < 4.78 is 18.5. The summed E-state index contributed by atoms with van der Waals surface area (Å²) in [7, 11) is 0. The van der Waals surface area contributed by atoms with Crippen molar-refractivity contribution in [3.63, 3.8) is 0 Å². The molecule has 0 atom stereocenters. The maximum atomic E-state index is 13.0. The molecule has 0 saturated heterocycles. The zero-order valence-electron chi connectivity index (χ0n) is 7.20. The highest BCUT2D eigenvalue weighted by atomic mass is 19.1. The number of hydrogen-bond donors (Lipinski definition) is 0. The van der Waals surface area contributed by atoms with Crippen molar-refractivity contribution in [1.29, 1.82) is 0 Å². The Hall–Kier alpha value is -1.90. The minimum absolute atomic E-state index is 0.260. The second-order valence-corrected chi connectivity index (χ2v) is 3.11. The van der Waals surface area contributed by atoms with Gasteiger partial charge in [0.1, 0.15) is 17.0 Å². The van der Waals surface area contributed by atoms with Gasteiger partial charge in [0.15, 0.2) is 0 Å². The molecule has 3 rings (SSSR count). The van der Waals surface area contributed by atoms with Gasteiger partial charge >= 0.3 is 0 Å². The normalized spacial score (nSPS) is 11.2. The Morgan fingerprint density at radius 2 is 1.93 bits per heavy atom. The van der Waals surface area contributed by atoms with Crippen LogP contribution in [0, 0.1) is 5.82 Å². The van der Waals surface area contributed by atoms with Crippen molar-refractivity contribution >= 4 is 21.9 Å². The predicted octanol–water partition coefficient (Wildman–Crippen LogP) is 3.12. The SMILES string of the molecule is Fc1ccc2oc3ccncc3c2c1. The summed E-state index contributed by atoms with van der Waals surface area (Å²) in [6, 6.07) is 6.25. The van der Waals surface area contributed by atoms with E-state index in [1.807, 2.05) is 0 Å². The molecule has 0 amide bonds. The molecule has 0 saturated carbocycles. The summed E-state index contributed by atoms with van der Waals surface area (Å²) in [4.78, 5) is 3.98. The molecular weight excluding hydrogens is 181 g/mol. The van der Waals surface area contributed by atoms with Crippen LogP contribution in [0.5, 0.6) is 0 Å². The first-order valence-corrected chi connectivity index (χ1v) is 4.26. The van der Waals surface area contributed by atoms with Crippen LogP contribution in [0.25, 0.3) is 21.9 Å². The number of nitrogens with zero attached hydrogens (tertiary/aromatic N) is 1. The molecule has 0 unspecified atom stereocenters. The van der Waals surface area contributed by atoms with E-state index in [-0.39, 0.29) is 5.82 Å². The van der Waals surface area contributed by atoms with Gasteiger partial charge in [0.2, 0.25) is 0 Å². The number of hydrogen-bond acceptors (Lipinski definition) is 2. The summed E-state index contributed by atoms with van der Waals surface area (Å²) in [6.07, 6.45) is 3.33. The van der Waals surface area contributed by atoms with Gasteiger partial charge in [-0.2, -0.15) is 0 Å². The first-order valence-electron chi connectivity index (χ1n) is 4.26. The number of pyridine rings is 1. The number of halogens is 1. The maximum absolute atomic E-state index is 13.0. The monoisotopic (exact) mass is 187 g/mol. The van der Waals surface area contributed by atoms with Crippen LogP contribution in [0.3, 0.4) is 0 Å². The molecule has 0 N–H and O–H groups in total. The van der Waals surface area contributed by atoms with E-state index >= 15 is 0 Å². The lowest BCUT2D eigenvalue weighted by atomic mass is 10.2. The number of furan rings is 1. The van der Waals surface area contributed by atoms with Crippen molar-refractivity contribution in [2.24, 2.45) is 0 Å². The van der Waals surface area contributed by atoms with Crippen LogP contribution in [0.15, 0.2) is 41.1 Å². The molecule has 1 aromatic carbocycles. The molecule has 14 heavy (non-hydrogen) atoms. The average molecular weight is 187 g/mol. The van der Waals surface area contributed by atoms with Gasteiger partial charge in [-0.15, -0.1) is 0 Å². The summed E-state index contributed by atoms with van der Waals surface area (Å²) in [5.74, 6) is -0.260. The van der Waals surface area contributed by atoms with Gasteiger partial charge in [0, 0.05) is 23.2 Å². The van der Waals surface area contributed by atoms with Crippen molar-refractivity contribution in [1.82, 2.24) is 4.98 Å². The highest BCUT2D eigenvalue weighted by molar-refractivity contribution is 6.04. The van der Waals surface area contributed by atoms with E-state index in [9.17, 15) is 4.39 Å². The van der Waals surface area contributed by atoms with Gasteiger partial charge < -0.3 is 4.42 Å². The topological polar surface area (TPSA) is 26.0 Å². The lowest BCUT2D eigenvalue weighted by Crippen LogP contribution is -1.72. The lowest BCUT2D eigenvalue weighted by Gasteiger charge is -1.87. The second-order valence-electron chi connectivity index (χ2n) is 3.11. The van der Waals surface area contributed by atoms with Crippen LogP contribution < -0.4 is 0 Å². The van der Waals surface area contributed by atoms with Crippen molar-refractivity contribution in [3.05, 3.63) is 42.5 Å². The average Bonchev–Trinajstić information content (AvgIpc) is 2.56. The molecule has 2 heterocycles. The molecule has 0 aliphatic carbocycles. The Morgan fingerprint density at radius 1 is 1.07 bits per heavy atom. The van der Waals surface area contributed by atoms with Crippen LogP contribution in [0.2, 0.25) is 0 Å². The zero-order valence-corrected chi connectivity index (χ0v) is 7.20. The summed E-state index contributed by atoms with van der Waals surface area (Å²) >= 11 is 0. The number of aromatic nitrogens is 1.